The van der Waals surface area contributed by atoms with E-state index in [2.05, 4.69) is 5.32 Å². The Balaban J connectivity index is 1.97. The summed E-state index contributed by atoms with van der Waals surface area (Å²) in [5.74, 6) is -0.283. The highest BCUT2D eigenvalue weighted by atomic mass is 16.5. The van der Waals surface area contributed by atoms with Crippen LogP contribution in [0.25, 0.3) is 0 Å². The number of anilines is 1. The van der Waals surface area contributed by atoms with E-state index in [-0.39, 0.29) is 18.2 Å². The number of amides is 2. The van der Waals surface area contributed by atoms with Crippen molar-refractivity contribution in [1.29, 1.82) is 0 Å². The second-order valence-electron chi connectivity index (χ2n) is 5.04. The van der Waals surface area contributed by atoms with Gasteiger partial charge in [-0.05, 0) is 25.0 Å². The van der Waals surface area contributed by atoms with Crippen molar-refractivity contribution in [2.75, 3.05) is 25.0 Å². The quantitative estimate of drug-likeness (QED) is 0.900. The smallest absolute Gasteiger partial charge is 0.252 e. The van der Waals surface area contributed by atoms with E-state index in [1.807, 2.05) is 38.1 Å². The van der Waals surface area contributed by atoms with Crippen molar-refractivity contribution >= 4 is 17.5 Å². The zero-order valence-corrected chi connectivity index (χ0v) is 12.6. The summed E-state index contributed by atoms with van der Waals surface area (Å²) in [6.45, 7) is 5.71. The second kappa shape index (κ2) is 7.22. The first-order valence-electron chi connectivity index (χ1n) is 7.43. The molecule has 0 saturated carbocycles. The normalized spacial score (nSPS) is 18.7. The molecule has 0 bridgehead atoms. The van der Waals surface area contributed by atoms with Crippen molar-refractivity contribution < 1.29 is 14.3 Å². The zero-order valence-electron chi connectivity index (χ0n) is 12.6. The molecule has 1 unspecified atom stereocenters. The number of aryl methyl sites for hydroxylation is 1. The average molecular weight is 290 g/mol. The molecule has 1 fully saturated rings. The lowest BCUT2D eigenvalue weighted by Gasteiger charge is -2.31. The van der Waals surface area contributed by atoms with Crippen molar-refractivity contribution in [3.05, 3.63) is 29.8 Å². The van der Waals surface area contributed by atoms with E-state index >= 15 is 0 Å². The first-order chi connectivity index (χ1) is 10.2. The Hall–Kier alpha value is -1.88. The Morgan fingerprint density at radius 2 is 2.14 bits per heavy atom. The number of hydrogen-bond acceptors (Lipinski definition) is 3. The number of benzene rings is 1. The van der Waals surface area contributed by atoms with Gasteiger partial charge < -0.3 is 15.0 Å². The largest absolute Gasteiger partial charge is 0.366 e. The summed E-state index contributed by atoms with van der Waals surface area (Å²) in [6, 6.07) is 7.69. The summed E-state index contributed by atoms with van der Waals surface area (Å²) in [7, 11) is 0. The first-order valence-corrected chi connectivity index (χ1v) is 7.43. The third-order valence-corrected chi connectivity index (χ3v) is 3.69. The Morgan fingerprint density at radius 3 is 2.86 bits per heavy atom. The van der Waals surface area contributed by atoms with Crippen LogP contribution in [0.4, 0.5) is 5.69 Å². The molecule has 0 radical (unpaired) electrons. The van der Waals surface area contributed by atoms with Crippen LogP contribution in [0.5, 0.6) is 0 Å². The first kappa shape index (κ1) is 15.5. The van der Waals surface area contributed by atoms with Crippen LogP contribution in [0.1, 0.15) is 25.8 Å². The lowest BCUT2D eigenvalue weighted by molar-refractivity contribution is -0.154. The van der Waals surface area contributed by atoms with Gasteiger partial charge in [0.2, 0.25) is 5.91 Å². The van der Waals surface area contributed by atoms with E-state index in [1.165, 1.54) is 0 Å². The maximum absolute atomic E-state index is 12.1. The molecule has 1 saturated heterocycles. The molecule has 5 nitrogen and oxygen atoms in total. The van der Waals surface area contributed by atoms with Crippen molar-refractivity contribution in [1.82, 2.24) is 4.90 Å². The minimum absolute atomic E-state index is 0.0629. The molecular weight excluding hydrogens is 268 g/mol. The lowest BCUT2D eigenvalue weighted by Crippen LogP contribution is -2.48. The van der Waals surface area contributed by atoms with E-state index in [0.29, 0.717) is 19.7 Å². The standard InChI is InChI=1S/C16H22N2O3/c1-3-12-7-5-6-8-13(12)17-15(19)11-14-16(20)18(4-2)9-10-21-14/h5-8,14H,3-4,9-11H2,1-2H3,(H,17,19). The number of rotatable bonds is 5. The Labute approximate surface area is 125 Å². The number of para-hydroxylation sites is 1. The molecule has 0 aromatic heterocycles. The minimum atomic E-state index is -0.660. The fourth-order valence-corrected chi connectivity index (χ4v) is 2.47. The van der Waals surface area contributed by atoms with Gasteiger partial charge in [-0.2, -0.15) is 0 Å². The van der Waals surface area contributed by atoms with Crippen LogP contribution < -0.4 is 5.32 Å². The van der Waals surface area contributed by atoms with E-state index in [4.69, 9.17) is 4.74 Å². The number of carbonyl (C=O) groups is 2. The number of nitrogens with zero attached hydrogens (tertiary/aromatic N) is 1. The van der Waals surface area contributed by atoms with Crippen LogP contribution in [0.2, 0.25) is 0 Å². The Bertz CT molecular complexity index is 516. The van der Waals surface area contributed by atoms with Crippen molar-refractivity contribution in [2.45, 2.75) is 32.8 Å². The van der Waals surface area contributed by atoms with Gasteiger partial charge in [0.25, 0.3) is 5.91 Å². The summed E-state index contributed by atoms with van der Waals surface area (Å²) in [5.41, 5.74) is 1.89. The van der Waals surface area contributed by atoms with Gasteiger partial charge in [0.15, 0.2) is 0 Å². The molecule has 21 heavy (non-hydrogen) atoms. The van der Waals surface area contributed by atoms with Crippen molar-refractivity contribution in [3.8, 4) is 0 Å². The molecule has 114 valence electrons. The maximum atomic E-state index is 12.1. The second-order valence-corrected chi connectivity index (χ2v) is 5.04. The molecule has 1 heterocycles. The van der Waals surface area contributed by atoms with E-state index in [1.54, 1.807) is 4.90 Å². The minimum Gasteiger partial charge on any atom is -0.366 e. The molecule has 5 heteroatoms. The van der Waals surface area contributed by atoms with Crippen LogP contribution in [-0.4, -0.2) is 42.5 Å². The van der Waals surface area contributed by atoms with Crippen molar-refractivity contribution in [3.63, 3.8) is 0 Å². The van der Waals surface area contributed by atoms with E-state index < -0.39 is 6.10 Å². The van der Waals surface area contributed by atoms with Gasteiger partial charge in [-0.15, -0.1) is 0 Å². The highest BCUT2D eigenvalue weighted by Crippen LogP contribution is 2.17. The molecule has 1 aliphatic rings. The van der Waals surface area contributed by atoms with Gasteiger partial charge >= 0.3 is 0 Å². The highest BCUT2D eigenvalue weighted by Gasteiger charge is 2.30. The van der Waals surface area contributed by atoms with Crippen LogP contribution in [0.15, 0.2) is 24.3 Å². The van der Waals surface area contributed by atoms with Crippen LogP contribution in [0, 0.1) is 0 Å². The SMILES string of the molecule is CCc1ccccc1NC(=O)CC1OCCN(CC)C1=O. The Kier molecular flexibility index (Phi) is 5.33. The predicted molar refractivity (Wildman–Crippen MR) is 81.1 cm³/mol. The Morgan fingerprint density at radius 1 is 1.38 bits per heavy atom. The van der Waals surface area contributed by atoms with E-state index in [0.717, 1.165) is 17.7 Å². The highest BCUT2D eigenvalue weighted by molar-refractivity contribution is 5.95. The molecule has 1 aromatic rings. The topological polar surface area (TPSA) is 58.6 Å². The molecule has 1 atom stereocenters. The number of nitrogens with one attached hydrogen (secondary N) is 1. The third kappa shape index (κ3) is 3.82. The van der Waals surface area contributed by atoms with Gasteiger partial charge in [0.1, 0.15) is 6.10 Å². The van der Waals surface area contributed by atoms with Gasteiger partial charge in [-0.25, -0.2) is 0 Å². The summed E-state index contributed by atoms with van der Waals surface area (Å²) >= 11 is 0. The van der Waals surface area contributed by atoms with Crippen LogP contribution in [-0.2, 0) is 20.7 Å². The predicted octanol–water partition coefficient (Wildman–Crippen LogP) is 1.82. The van der Waals surface area contributed by atoms with Gasteiger partial charge in [0.05, 0.1) is 13.0 Å². The molecule has 1 N–H and O–H groups in total. The van der Waals surface area contributed by atoms with Crippen molar-refractivity contribution in [2.24, 2.45) is 0 Å². The molecule has 1 aliphatic heterocycles. The van der Waals surface area contributed by atoms with Gasteiger partial charge in [-0.1, -0.05) is 25.1 Å². The van der Waals surface area contributed by atoms with Crippen LogP contribution in [0.3, 0.4) is 0 Å². The number of hydrogen-bond donors (Lipinski definition) is 1. The number of morpholine rings is 1. The molecule has 1 aromatic carbocycles. The monoisotopic (exact) mass is 290 g/mol. The fourth-order valence-electron chi connectivity index (χ4n) is 2.47. The van der Waals surface area contributed by atoms with Crippen LogP contribution >= 0.6 is 0 Å². The number of carbonyl (C=O) groups excluding carboxylic acids is 2. The number of likely N-dealkylation sites (N-methyl/N-ethyl adjacent to an activating group) is 1. The molecule has 0 spiro atoms. The maximum Gasteiger partial charge on any atom is 0.252 e. The molecular formula is C16H22N2O3. The zero-order chi connectivity index (χ0) is 15.2. The molecule has 2 rings (SSSR count). The van der Waals surface area contributed by atoms with E-state index in [9.17, 15) is 9.59 Å². The summed E-state index contributed by atoms with van der Waals surface area (Å²) in [5, 5.41) is 2.87. The number of ether oxygens (including phenoxy) is 1. The molecule has 2 amide bonds. The molecule has 0 aliphatic carbocycles. The fraction of sp³-hybridized carbons (Fsp3) is 0.500. The lowest BCUT2D eigenvalue weighted by atomic mass is 10.1. The van der Waals surface area contributed by atoms with Gasteiger partial charge in [0, 0.05) is 18.8 Å². The summed E-state index contributed by atoms with van der Waals surface area (Å²) < 4.78 is 5.44. The van der Waals surface area contributed by atoms with Gasteiger partial charge in [-0.3, -0.25) is 9.59 Å². The third-order valence-electron chi connectivity index (χ3n) is 3.69. The summed E-state index contributed by atoms with van der Waals surface area (Å²) in [4.78, 5) is 25.9. The average Bonchev–Trinajstić information content (AvgIpc) is 2.50. The summed E-state index contributed by atoms with van der Waals surface area (Å²) in [6.07, 6.45) is 0.249.